The van der Waals surface area contributed by atoms with Crippen molar-refractivity contribution >= 4 is 34.8 Å². The van der Waals surface area contributed by atoms with Gasteiger partial charge in [-0.1, -0.05) is 158 Å². The Labute approximate surface area is 290 Å². The summed E-state index contributed by atoms with van der Waals surface area (Å²) in [4.78, 5) is 25.8. The molecule has 0 unspecified atom stereocenters. The lowest BCUT2D eigenvalue weighted by Crippen LogP contribution is -2.16. The summed E-state index contributed by atoms with van der Waals surface area (Å²) in [7, 11) is 0. The fourth-order valence-electron chi connectivity index (χ4n) is 4.89. The first-order valence-electron chi connectivity index (χ1n) is 16.2. The van der Waals surface area contributed by atoms with Gasteiger partial charge in [-0.3, -0.25) is 9.59 Å². The Morgan fingerprint density at radius 1 is 0.714 bits per heavy atom. The van der Waals surface area contributed by atoms with Crippen LogP contribution in [0.15, 0.2) is 177 Å². The monoisotopic (exact) mass is 642 g/mol. The second-order valence-electron chi connectivity index (χ2n) is 11.3. The summed E-state index contributed by atoms with van der Waals surface area (Å²) in [6, 6.07) is 41.3. The molecule has 0 bridgehead atoms. The molecule has 4 heteroatoms. The molecular weight excluding hydrogens is 601 g/mol. The number of hydrogen-bond donors (Lipinski definition) is 2. The minimum absolute atomic E-state index is 0.126. The van der Waals surface area contributed by atoms with E-state index >= 15 is 0 Å². The average molecular weight is 643 g/mol. The molecule has 4 nitrogen and oxygen atoms in total. The number of benzene rings is 5. The molecule has 0 atom stereocenters. The SMILES string of the molecule is C=C(c1ccccc1)c1cc(NC(=O)/C=C/c2ccc(-c3ccccc3)cc2)ccc1NC(=O)Cc1ccc(C)cc1.C=C/C=C\C=C/C. The Bertz CT molecular complexity index is 1930. The Kier molecular flexibility index (Phi) is 13.6. The highest BCUT2D eigenvalue weighted by Crippen LogP contribution is 2.31. The summed E-state index contributed by atoms with van der Waals surface area (Å²) in [6.45, 7) is 11.8. The first-order chi connectivity index (χ1) is 23.9. The van der Waals surface area contributed by atoms with Crippen LogP contribution in [0, 0.1) is 6.92 Å². The van der Waals surface area contributed by atoms with Crippen molar-refractivity contribution in [3.63, 3.8) is 0 Å². The van der Waals surface area contributed by atoms with E-state index in [0.717, 1.165) is 44.5 Å². The zero-order valence-electron chi connectivity index (χ0n) is 28.1. The molecular formula is C45H42N2O2. The van der Waals surface area contributed by atoms with Gasteiger partial charge in [-0.25, -0.2) is 0 Å². The smallest absolute Gasteiger partial charge is 0.248 e. The molecule has 5 aromatic rings. The van der Waals surface area contributed by atoms with Crippen molar-refractivity contribution in [3.8, 4) is 11.1 Å². The van der Waals surface area contributed by atoms with Crippen molar-refractivity contribution in [1.82, 2.24) is 0 Å². The lowest BCUT2D eigenvalue weighted by molar-refractivity contribution is -0.115. The van der Waals surface area contributed by atoms with Crippen LogP contribution in [0.5, 0.6) is 0 Å². The number of nitrogens with one attached hydrogen (secondary N) is 2. The van der Waals surface area contributed by atoms with Crippen molar-refractivity contribution < 1.29 is 9.59 Å². The molecule has 0 radical (unpaired) electrons. The summed E-state index contributed by atoms with van der Waals surface area (Å²) in [6.07, 6.45) is 13.1. The van der Waals surface area contributed by atoms with Crippen LogP contribution in [-0.2, 0) is 16.0 Å². The van der Waals surface area contributed by atoms with Crippen LogP contribution < -0.4 is 10.6 Å². The number of hydrogen-bond acceptors (Lipinski definition) is 2. The van der Waals surface area contributed by atoms with Gasteiger partial charge in [0, 0.05) is 23.0 Å². The van der Waals surface area contributed by atoms with Crippen LogP contribution >= 0.6 is 0 Å². The third-order valence-electron chi connectivity index (χ3n) is 7.49. The van der Waals surface area contributed by atoms with Gasteiger partial charge in [-0.15, -0.1) is 0 Å². The third-order valence-corrected chi connectivity index (χ3v) is 7.49. The van der Waals surface area contributed by atoms with E-state index < -0.39 is 0 Å². The minimum Gasteiger partial charge on any atom is -0.325 e. The molecule has 0 saturated heterocycles. The van der Waals surface area contributed by atoms with E-state index in [1.54, 1.807) is 24.3 Å². The summed E-state index contributed by atoms with van der Waals surface area (Å²) in [5.41, 5.74) is 8.91. The number of carbonyl (C=O) groups excluding carboxylic acids is 2. The maximum atomic E-state index is 12.9. The third kappa shape index (κ3) is 11.5. The number of anilines is 2. The molecule has 244 valence electrons. The molecule has 0 fully saturated rings. The minimum atomic E-state index is -0.255. The molecule has 0 aliphatic carbocycles. The highest BCUT2D eigenvalue weighted by atomic mass is 16.2. The molecule has 2 amide bonds. The number of aryl methyl sites for hydroxylation is 1. The van der Waals surface area contributed by atoms with Crippen molar-refractivity contribution in [2.24, 2.45) is 0 Å². The van der Waals surface area contributed by atoms with Crippen LogP contribution in [0.25, 0.3) is 22.8 Å². The second-order valence-corrected chi connectivity index (χ2v) is 11.3. The number of rotatable bonds is 11. The van der Waals surface area contributed by atoms with Gasteiger partial charge in [0.15, 0.2) is 0 Å². The van der Waals surface area contributed by atoms with E-state index in [1.807, 2.05) is 141 Å². The van der Waals surface area contributed by atoms with Crippen LogP contribution in [0.1, 0.15) is 34.7 Å². The molecule has 0 spiro atoms. The number of allylic oxidation sites excluding steroid dienone is 5. The molecule has 0 aliphatic heterocycles. The van der Waals surface area contributed by atoms with Gasteiger partial charge in [0.25, 0.3) is 0 Å². The first kappa shape index (κ1) is 35.6. The van der Waals surface area contributed by atoms with E-state index in [4.69, 9.17) is 0 Å². The summed E-state index contributed by atoms with van der Waals surface area (Å²) >= 11 is 0. The van der Waals surface area contributed by atoms with Crippen molar-refractivity contribution in [1.29, 1.82) is 0 Å². The van der Waals surface area contributed by atoms with Crippen LogP contribution in [0.4, 0.5) is 11.4 Å². The van der Waals surface area contributed by atoms with E-state index in [1.165, 1.54) is 6.08 Å². The summed E-state index contributed by atoms with van der Waals surface area (Å²) < 4.78 is 0. The van der Waals surface area contributed by atoms with Gasteiger partial charge in [-0.2, -0.15) is 0 Å². The maximum absolute atomic E-state index is 12.9. The van der Waals surface area contributed by atoms with Crippen LogP contribution in [0.2, 0.25) is 0 Å². The normalized spacial score (nSPS) is 10.8. The number of carbonyl (C=O) groups is 2. The molecule has 49 heavy (non-hydrogen) atoms. The maximum Gasteiger partial charge on any atom is 0.248 e. The summed E-state index contributed by atoms with van der Waals surface area (Å²) in [5, 5.41) is 5.98. The zero-order chi connectivity index (χ0) is 34.8. The molecule has 2 N–H and O–H groups in total. The van der Waals surface area contributed by atoms with E-state index in [-0.39, 0.29) is 18.2 Å². The lowest BCUT2D eigenvalue weighted by atomic mass is 9.97. The molecule has 5 rings (SSSR count). The van der Waals surface area contributed by atoms with Crippen molar-refractivity contribution in [3.05, 3.63) is 205 Å². The van der Waals surface area contributed by atoms with Crippen molar-refractivity contribution in [2.75, 3.05) is 10.6 Å². The highest BCUT2D eigenvalue weighted by molar-refractivity contribution is 6.03. The summed E-state index contributed by atoms with van der Waals surface area (Å²) in [5.74, 6) is -0.381. The van der Waals surface area contributed by atoms with Gasteiger partial charge < -0.3 is 10.6 Å². The van der Waals surface area contributed by atoms with Crippen LogP contribution in [-0.4, -0.2) is 11.8 Å². The largest absolute Gasteiger partial charge is 0.325 e. The molecule has 0 aliphatic rings. The van der Waals surface area contributed by atoms with Gasteiger partial charge in [0.2, 0.25) is 11.8 Å². The van der Waals surface area contributed by atoms with E-state index in [2.05, 4.69) is 35.9 Å². The van der Waals surface area contributed by atoms with Crippen molar-refractivity contribution in [2.45, 2.75) is 20.3 Å². The standard InChI is InChI=1S/C38H32N2O2.C7H10/c1-27-13-15-30(16-14-27)25-38(42)40-36-23-22-34(26-35(36)28(2)31-9-5-3-6-10-31)39-37(41)24-19-29-17-20-33(21-18-29)32-11-7-4-8-12-32;1-3-5-7-6-4-2/h3-24,26H,2,25H2,1H3,(H,39,41)(H,40,42);3-7H,1H2,2H3/b24-19+;6-4-,7-5-. The predicted octanol–water partition coefficient (Wildman–Crippen LogP) is 10.9. The Morgan fingerprint density at radius 3 is 2.02 bits per heavy atom. The lowest BCUT2D eigenvalue weighted by Gasteiger charge is -2.16. The fourth-order valence-corrected chi connectivity index (χ4v) is 4.89. The Hall–Kier alpha value is -6.26. The van der Waals surface area contributed by atoms with E-state index in [0.29, 0.717) is 11.4 Å². The van der Waals surface area contributed by atoms with Gasteiger partial charge in [0.1, 0.15) is 0 Å². The Balaban J connectivity index is 0.000000698. The second kappa shape index (κ2) is 18.8. The molecule has 0 heterocycles. The Morgan fingerprint density at radius 2 is 1.37 bits per heavy atom. The predicted molar refractivity (Wildman–Crippen MR) is 208 cm³/mol. The van der Waals surface area contributed by atoms with Gasteiger partial charge in [-0.05, 0) is 71.5 Å². The average Bonchev–Trinajstić information content (AvgIpc) is 3.13. The fraction of sp³-hybridized carbons (Fsp3) is 0.0667. The van der Waals surface area contributed by atoms with Crippen LogP contribution in [0.3, 0.4) is 0 Å². The topological polar surface area (TPSA) is 58.2 Å². The quantitative estimate of drug-likeness (QED) is 0.111. The van der Waals surface area contributed by atoms with Gasteiger partial charge in [0.05, 0.1) is 6.42 Å². The zero-order valence-corrected chi connectivity index (χ0v) is 28.1. The molecule has 5 aromatic carbocycles. The van der Waals surface area contributed by atoms with Gasteiger partial charge >= 0.3 is 0 Å². The first-order valence-corrected chi connectivity index (χ1v) is 16.2. The number of amides is 2. The highest BCUT2D eigenvalue weighted by Gasteiger charge is 2.13. The van der Waals surface area contributed by atoms with E-state index in [9.17, 15) is 9.59 Å². The molecule has 0 saturated carbocycles. The molecule has 0 aromatic heterocycles.